The zero-order valence-corrected chi connectivity index (χ0v) is 17.4. The molecule has 5 nitrogen and oxygen atoms in total. The van der Waals surface area contributed by atoms with Gasteiger partial charge < -0.3 is 14.7 Å². The van der Waals surface area contributed by atoms with E-state index in [9.17, 15) is 9.90 Å². The van der Waals surface area contributed by atoms with Gasteiger partial charge in [0.25, 0.3) is 0 Å². The van der Waals surface area contributed by atoms with Crippen LogP contribution in [0.4, 0.5) is 5.69 Å². The minimum atomic E-state index is -0.441. The maximum absolute atomic E-state index is 11.4. The predicted molar refractivity (Wildman–Crippen MR) is 111 cm³/mol. The molecule has 0 spiro atoms. The van der Waals surface area contributed by atoms with Gasteiger partial charge in [0.05, 0.1) is 19.3 Å². The van der Waals surface area contributed by atoms with Gasteiger partial charge in [-0.1, -0.05) is 27.2 Å². The number of β-amino-alcohol motifs (C(OH)–C–C–N with tert-alkyl or cyclic N) is 1. The Bertz CT molecular complexity index is 578. The number of hydrogen-bond acceptors (Lipinski definition) is 5. The SMILES string of the molecule is CCCC(C)(C)COCC(O)CN1CCN(c2ccc(C(C)=O)cc2)CC1. The van der Waals surface area contributed by atoms with E-state index >= 15 is 0 Å². The summed E-state index contributed by atoms with van der Waals surface area (Å²) in [7, 11) is 0. The van der Waals surface area contributed by atoms with Crippen LogP contribution in [0.1, 0.15) is 50.9 Å². The molecule has 0 aromatic heterocycles. The third kappa shape index (κ3) is 7.24. The number of nitrogens with zero attached hydrogens (tertiary/aromatic N) is 2. The number of aliphatic hydroxyl groups is 1. The Kier molecular flexibility index (Phi) is 8.27. The van der Waals surface area contributed by atoms with Gasteiger partial charge in [-0.3, -0.25) is 9.69 Å². The van der Waals surface area contributed by atoms with Crippen LogP contribution < -0.4 is 4.90 Å². The molecule has 1 aromatic carbocycles. The van der Waals surface area contributed by atoms with Crippen LogP contribution in [0.15, 0.2) is 24.3 Å². The van der Waals surface area contributed by atoms with Crippen molar-refractivity contribution in [2.45, 2.75) is 46.6 Å². The highest BCUT2D eigenvalue weighted by Gasteiger charge is 2.21. The number of piperazine rings is 1. The van der Waals surface area contributed by atoms with E-state index in [4.69, 9.17) is 4.74 Å². The molecular weight excluding hydrogens is 340 g/mol. The van der Waals surface area contributed by atoms with Crippen molar-refractivity contribution in [3.8, 4) is 0 Å². The lowest BCUT2D eigenvalue weighted by Crippen LogP contribution is -2.49. The van der Waals surface area contributed by atoms with E-state index in [1.54, 1.807) is 6.92 Å². The number of aliphatic hydroxyl groups excluding tert-OH is 1. The van der Waals surface area contributed by atoms with Crippen LogP contribution in [0.3, 0.4) is 0 Å². The lowest BCUT2D eigenvalue weighted by molar-refractivity contribution is -0.0129. The molecule has 1 aromatic rings. The van der Waals surface area contributed by atoms with E-state index in [0.717, 1.165) is 50.3 Å². The maximum Gasteiger partial charge on any atom is 0.159 e. The molecule has 0 radical (unpaired) electrons. The van der Waals surface area contributed by atoms with Gasteiger partial charge in [0.15, 0.2) is 5.78 Å². The van der Waals surface area contributed by atoms with Crippen molar-refractivity contribution in [1.29, 1.82) is 0 Å². The van der Waals surface area contributed by atoms with Gasteiger partial charge in [-0.15, -0.1) is 0 Å². The van der Waals surface area contributed by atoms with Gasteiger partial charge in [-0.2, -0.15) is 0 Å². The van der Waals surface area contributed by atoms with Crippen LogP contribution in [0.5, 0.6) is 0 Å². The first kappa shape index (κ1) is 21.9. The quantitative estimate of drug-likeness (QED) is 0.636. The Labute approximate surface area is 164 Å². The molecule has 1 atom stereocenters. The second kappa shape index (κ2) is 10.2. The second-order valence-corrected chi connectivity index (χ2v) is 8.47. The molecule has 0 aliphatic carbocycles. The predicted octanol–water partition coefficient (Wildman–Crippen LogP) is 3.22. The van der Waals surface area contributed by atoms with Crippen LogP contribution in [0, 0.1) is 5.41 Å². The molecule has 0 saturated carbocycles. The fourth-order valence-corrected chi connectivity index (χ4v) is 3.67. The molecule has 1 fully saturated rings. The molecule has 2 rings (SSSR count). The molecule has 1 heterocycles. The van der Waals surface area contributed by atoms with E-state index in [2.05, 4.69) is 30.6 Å². The molecule has 1 saturated heterocycles. The molecule has 27 heavy (non-hydrogen) atoms. The smallest absolute Gasteiger partial charge is 0.159 e. The summed E-state index contributed by atoms with van der Waals surface area (Å²) >= 11 is 0. The van der Waals surface area contributed by atoms with E-state index in [1.165, 1.54) is 0 Å². The summed E-state index contributed by atoms with van der Waals surface area (Å²) in [5.41, 5.74) is 2.09. The minimum Gasteiger partial charge on any atom is -0.389 e. The standard InChI is InChI=1S/C22H36N2O3/c1-5-10-22(3,4)17-27-16-21(26)15-23-11-13-24(14-12-23)20-8-6-19(7-9-20)18(2)25/h6-9,21,26H,5,10-17H2,1-4H3. The molecular formula is C22H36N2O3. The summed E-state index contributed by atoms with van der Waals surface area (Å²) in [6.07, 6.45) is 1.85. The van der Waals surface area contributed by atoms with Crippen molar-refractivity contribution in [3.63, 3.8) is 0 Å². The van der Waals surface area contributed by atoms with Crippen molar-refractivity contribution in [1.82, 2.24) is 4.90 Å². The monoisotopic (exact) mass is 376 g/mol. The Morgan fingerprint density at radius 1 is 1.19 bits per heavy atom. The van der Waals surface area contributed by atoms with Crippen LogP contribution in [0.25, 0.3) is 0 Å². The van der Waals surface area contributed by atoms with Gasteiger partial charge >= 0.3 is 0 Å². The van der Waals surface area contributed by atoms with Gasteiger partial charge in [-0.25, -0.2) is 0 Å². The summed E-state index contributed by atoms with van der Waals surface area (Å²) in [5.74, 6) is 0.0978. The van der Waals surface area contributed by atoms with Crippen molar-refractivity contribution in [3.05, 3.63) is 29.8 Å². The number of ketones is 1. The maximum atomic E-state index is 11.4. The minimum absolute atomic E-state index is 0.0978. The number of hydrogen-bond donors (Lipinski definition) is 1. The normalized spacial score (nSPS) is 17.1. The summed E-state index contributed by atoms with van der Waals surface area (Å²) < 4.78 is 5.76. The fraction of sp³-hybridized carbons (Fsp3) is 0.682. The van der Waals surface area contributed by atoms with Crippen molar-refractivity contribution < 1.29 is 14.6 Å². The van der Waals surface area contributed by atoms with E-state index in [1.807, 2.05) is 24.3 Å². The van der Waals surface area contributed by atoms with Gasteiger partial charge in [0, 0.05) is 44.0 Å². The van der Waals surface area contributed by atoms with Gasteiger partial charge in [0.2, 0.25) is 0 Å². The Balaban J connectivity index is 1.70. The average molecular weight is 377 g/mol. The molecule has 1 N–H and O–H groups in total. The van der Waals surface area contributed by atoms with Crippen molar-refractivity contribution in [2.75, 3.05) is 50.8 Å². The number of ether oxygens (including phenoxy) is 1. The largest absolute Gasteiger partial charge is 0.389 e. The molecule has 0 amide bonds. The van der Waals surface area contributed by atoms with Gasteiger partial charge in [0.1, 0.15) is 0 Å². The topological polar surface area (TPSA) is 53.0 Å². The first-order chi connectivity index (χ1) is 12.8. The third-order valence-electron chi connectivity index (χ3n) is 5.21. The average Bonchev–Trinajstić information content (AvgIpc) is 2.62. The lowest BCUT2D eigenvalue weighted by Gasteiger charge is -2.37. The summed E-state index contributed by atoms with van der Waals surface area (Å²) in [5, 5.41) is 10.3. The van der Waals surface area contributed by atoms with Crippen LogP contribution in [-0.2, 0) is 4.74 Å². The van der Waals surface area contributed by atoms with Gasteiger partial charge in [-0.05, 0) is 43.0 Å². The highest BCUT2D eigenvalue weighted by Crippen LogP contribution is 2.22. The number of carbonyl (C=O) groups excluding carboxylic acids is 1. The number of carbonyl (C=O) groups is 1. The van der Waals surface area contributed by atoms with E-state index in [-0.39, 0.29) is 11.2 Å². The summed E-state index contributed by atoms with van der Waals surface area (Å²) in [6, 6.07) is 7.83. The molecule has 1 unspecified atom stereocenters. The Hall–Kier alpha value is -1.43. The lowest BCUT2D eigenvalue weighted by atomic mass is 9.89. The number of anilines is 1. The van der Waals surface area contributed by atoms with Crippen molar-refractivity contribution >= 4 is 11.5 Å². The molecule has 152 valence electrons. The molecule has 5 heteroatoms. The van der Waals surface area contributed by atoms with Crippen LogP contribution in [0.2, 0.25) is 0 Å². The first-order valence-electron chi connectivity index (χ1n) is 10.1. The van der Waals surface area contributed by atoms with Crippen molar-refractivity contribution in [2.24, 2.45) is 5.41 Å². The van der Waals surface area contributed by atoms with Crippen LogP contribution >= 0.6 is 0 Å². The number of rotatable bonds is 10. The molecule has 1 aliphatic heterocycles. The Morgan fingerprint density at radius 3 is 2.37 bits per heavy atom. The zero-order valence-electron chi connectivity index (χ0n) is 17.4. The summed E-state index contributed by atoms with van der Waals surface area (Å²) in [6.45, 7) is 13.7. The summed E-state index contributed by atoms with van der Waals surface area (Å²) in [4.78, 5) is 16.0. The van der Waals surface area contributed by atoms with Crippen LogP contribution in [-0.4, -0.2) is 67.8 Å². The zero-order chi connectivity index (χ0) is 19.9. The number of benzene rings is 1. The Morgan fingerprint density at radius 2 is 1.81 bits per heavy atom. The van der Waals surface area contributed by atoms with E-state index in [0.29, 0.717) is 19.8 Å². The number of Topliss-reactive ketones (excluding diaryl/α,β-unsaturated/α-hetero) is 1. The highest BCUT2D eigenvalue weighted by atomic mass is 16.5. The second-order valence-electron chi connectivity index (χ2n) is 8.47. The molecule has 1 aliphatic rings. The van der Waals surface area contributed by atoms with E-state index < -0.39 is 6.10 Å². The molecule has 0 bridgehead atoms. The third-order valence-corrected chi connectivity index (χ3v) is 5.21. The highest BCUT2D eigenvalue weighted by molar-refractivity contribution is 5.94. The fourth-order valence-electron chi connectivity index (χ4n) is 3.67. The first-order valence-corrected chi connectivity index (χ1v) is 10.1.